The number of nitrogens with zero attached hydrogens (tertiary/aromatic N) is 1. The minimum Gasteiger partial charge on any atom is -0.440 e. The number of likely N-dealkylation sites (N-methyl/N-ethyl adjacent to an activating group) is 1. The van der Waals surface area contributed by atoms with E-state index in [1.165, 1.54) is 0 Å². The standard InChI is InChI=1S/C13H18N2O3/c1-2-15-8-11(14)17-9-12(15)18-13(16)10-6-4-3-5-7-10/h3-7,11-12H,2,8-9,14H2,1H3. The summed E-state index contributed by atoms with van der Waals surface area (Å²) in [7, 11) is 0. The Balaban J connectivity index is 1.98. The molecule has 0 amide bonds. The molecule has 1 aliphatic heterocycles. The van der Waals surface area contributed by atoms with Crippen molar-refractivity contribution in [1.29, 1.82) is 0 Å². The van der Waals surface area contributed by atoms with E-state index in [-0.39, 0.29) is 18.4 Å². The van der Waals surface area contributed by atoms with E-state index < -0.39 is 0 Å². The van der Waals surface area contributed by atoms with Crippen molar-refractivity contribution in [3.63, 3.8) is 0 Å². The number of hydrogen-bond donors (Lipinski definition) is 1. The van der Waals surface area contributed by atoms with Crippen molar-refractivity contribution in [2.24, 2.45) is 5.73 Å². The van der Waals surface area contributed by atoms with Crippen molar-refractivity contribution in [2.75, 3.05) is 19.7 Å². The van der Waals surface area contributed by atoms with Crippen LogP contribution in [-0.2, 0) is 9.47 Å². The average Bonchev–Trinajstić information content (AvgIpc) is 2.41. The van der Waals surface area contributed by atoms with Gasteiger partial charge in [-0.3, -0.25) is 4.90 Å². The molecule has 1 aromatic carbocycles. The Morgan fingerprint density at radius 2 is 2.22 bits per heavy atom. The number of nitrogens with two attached hydrogens (primary N) is 1. The molecule has 0 bridgehead atoms. The van der Waals surface area contributed by atoms with Crippen LogP contribution in [0.5, 0.6) is 0 Å². The lowest BCUT2D eigenvalue weighted by molar-refractivity contribution is -0.140. The summed E-state index contributed by atoms with van der Waals surface area (Å²) < 4.78 is 10.8. The first-order valence-corrected chi connectivity index (χ1v) is 6.08. The first-order chi connectivity index (χ1) is 8.70. The molecule has 18 heavy (non-hydrogen) atoms. The lowest BCUT2D eigenvalue weighted by Gasteiger charge is -2.36. The van der Waals surface area contributed by atoms with E-state index in [0.29, 0.717) is 18.7 Å². The maximum atomic E-state index is 11.9. The Labute approximate surface area is 106 Å². The van der Waals surface area contributed by atoms with E-state index >= 15 is 0 Å². The number of morpholine rings is 1. The monoisotopic (exact) mass is 250 g/mol. The number of rotatable bonds is 3. The molecule has 5 heteroatoms. The van der Waals surface area contributed by atoms with Gasteiger partial charge in [0.15, 0.2) is 6.23 Å². The van der Waals surface area contributed by atoms with Crippen molar-refractivity contribution < 1.29 is 14.3 Å². The van der Waals surface area contributed by atoms with Crippen molar-refractivity contribution in [1.82, 2.24) is 4.90 Å². The molecule has 1 fully saturated rings. The van der Waals surface area contributed by atoms with E-state index in [0.717, 1.165) is 6.54 Å². The zero-order chi connectivity index (χ0) is 13.0. The highest BCUT2D eigenvalue weighted by Crippen LogP contribution is 2.12. The number of hydrogen-bond acceptors (Lipinski definition) is 5. The molecule has 0 aliphatic carbocycles. The van der Waals surface area contributed by atoms with Crippen LogP contribution in [0.3, 0.4) is 0 Å². The van der Waals surface area contributed by atoms with Gasteiger partial charge in [0.25, 0.3) is 0 Å². The molecule has 0 aromatic heterocycles. The number of carbonyl (C=O) groups is 1. The fourth-order valence-electron chi connectivity index (χ4n) is 1.92. The minimum absolute atomic E-state index is 0.309. The van der Waals surface area contributed by atoms with E-state index in [2.05, 4.69) is 0 Å². The molecule has 2 rings (SSSR count). The van der Waals surface area contributed by atoms with Gasteiger partial charge < -0.3 is 15.2 Å². The maximum absolute atomic E-state index is 11.9. The Morgan fingerprint density at radius 3 is 2.89 bits per heavy atom. The topological polar surface area (TPSA) is 64.8 Å². The van der Waals surface area contributed by atoms with Gasteiger partial charge in [-0.2, -0.15) is 0 Å². The summed E-state index contributed by atoms with van der Waals surface area (Å²) in [6, 6.07) is 8.93. The number of carbonyl (C=O) groups excluding carboxylic acids is 1. The number of ether oxygens (including phenoxy) is 2. The second-order valence-corrected chi connectivity index (χ2v) is 4.19. The molecule has 1 saturated heterocycles. The van der Waals surface area contributed by atoms with Crippen LogP contribution in [0.25, 0.3) is 0 Å². The van der Waals surface area contributed by atoms with Gasteiger partial charge in [-0.15, -0.1) is 0 Å². The van der Waals surface area contributed by atoms with E-state index in [4.69, 9.17) is 15.2 Å². The summed E-state index contributed by atoms with van der Waals surface area (Å²) in [5, 5.41) is 0. The third-order valence-electron chi connectivity index (χ3n) is 2.93. The summed E-state index contributed by atoms with van der Waals surface area (Å²) in [5.41, 5.74) is 6.25. The highest BCUT2D eigenvalue weighted by molar-refractivity contribution is 5.89. The molecule has 2 atom stereocenters. The van der Waals surface area contributed by atoms with Gasteiger partial charge in [0.2, 0.25) is 0 Å². The highest BCUT2D eigenvalue weighted by atomic mass is 16.6. The summed E-state index contributed by atoms with van der Waals surface area (Å²) in [5.74, 6) is -0.335. The van der Waals surface area contributed by atoms with E-state index in [9.17, 15) is 4.79 Å². The fourth-order valence-corrected chi connectivity index (χ4v) is 1.92. The Morgan fingerprint density at radius 1 is 1.50 bits per heavy atom. The normalized spacial score (nSPS) is 24.8. The van der Waals surface area contributed by atoms with Crippen LogP contribution in [0.4, 0.5) is 0 Å². The molecule has 1 aromatic rings. The Hall–Kier alpha value is -1.43. The summed E-state index contributed by atoms with van der Waals surface area (Å²) >= 11 is 0. The average molecular weight is 250 g/mol. The van der Waals surface area contributed by atoms with Gasteiger partial charge in [-0.25, -0.2) is 4.79 Å². The van der Waals surface area contributed by atoms with Gasteiger partial charge in [0, 0.05) is 6.54 Å². The molecule has 2 unspecified atom stereocenters. The molecule has 0 saturated carbocycles. The second-order valence-electron chi connectivity index (χ2n) is 4.19. The van der Waals surface area contributed by atoms with Crippen LogP contribution < -0.4 is 5.73 Å². The molecule has 1 aliphatic rings. The lowest BCUT2D eigenvalue weighted by Crippen LogP contribution is -2.54. The quantitative estimate of drug-likeness (QED) is 0.804. The summed E-state index contributed by atoms with van der Waals surface area (Å²) in [4.78, 5) is 13.9. The molecule has 98 valence electrons. The first kappa shape index (κ1) is 13.0. The predicted octanol–water partition coefficient (Wildman–Crippen LogP) is 0.806. The van der Waals surface area contributed by atoms with Crippen molar-refractivity contribution >= 4 is 5.97 Å². The van der Waals surface area contributed by atoms with Gasteiger partial charge in [0.1, 0.15) is 6.23 Å². The van der Waals surface area contributed by atoms with Crippen LogP contribution in [0.1, 0.15) is 17.3 Å². The van der Waals surface area contributed by atoms with Crippen molar-refractivity contribution in [3.8, 4) is 0 Å². The van der Waals surface area contributed by atoms with Gasteiger partial charge in [-0.05, 0) is 18.7 Å². The smallest absolute Gasteiger partial charge is 0.339 e. The second kappa shape index (κ2) is 5.95. The third kappa shape index (κ3) is 3.07. The summed E-state index contributed by atoms with van der Waals surface area (Å²) in [6.45, 7) is 3.65. The molecular weight excluding hydrogens is 232 g/mol. The zero-order valence-electron chi connectivity index (χ0n) is 10.4. The molecular formula is C13H18N2O3. The predicted molar refractivity (Wildman–Crippen MR) is 66.8 cm³/mol. The fraction of sp³-hybridized carbons (Fsp3) is 0.462. The highest BCUT2D eigenvalue weighted by Gasteiger charge is 2.29. The van der Waals surface area contributed by atoms with Gasteiger partial charge >= 0.3 is 5.97 Å². The van der Waals surface area contributed by atoms with Crippen LogP contribution in [0.2, 0.25) is 0 Å². The zero-order valence-corrected chi connectivity index (χ0v) is 10.4. The molecule has 1 heterocycles. The Bertz CT molecular complexity index is 396. The van der Waals surface area contributed by atoms with Crippen molar-refractivity contribution in [3.05, 3.63) is 35.9 Å². The van der Waals surface area contributed by atoms with Crippen LogP contribution >= 0.6 is 0 Å². The Kier molecular flexibility index (Phi) is 4.30. The number of benzene rings is 1. The van der Waals surface area contributed by atoms with Gasteiger partial charge in [-0.1, -0.05) is 25.1 Å². The molecule has 0 radical (unpaired) electrons. The summed E-state index contributed by atoms with van der Waals surface area (Å²) in [6.07, 6.45) is -0.667. The third-order valence-corrected chi connectivity index (χ3v) is 2.93. The minimum atomic E-state index is -0.359. The maximum Gasteiger partial charge on any atom is 0.339 e. The first-order valence-electron chi connectivity index (χ1n) is 6.08. The largest absolute Gasteiger partial charge is 0.440 e. The van der Waals surface area contributed by atoms with Crippen LogP contribution in [0.15, 0.2) is 30.3 Å². The van der Waals surface area contributed by atoms with Crippen LogP contribution in [-0.4, -0.2) is 43.0 Å². The van der Waals surface area contributed by atoms with E-state index in [1.807, 2.05) is 30.0 Å². The van der Waals surface area contributed by atoms with Crippen molar-refractivity contribution in [2.45, 2.75) is 19.4 Å². The molecule has 0 spiro atoms. The van der Waals surface area contributed by atoms with E-state index in [1.54, 1.807) is 12.1 Å². The molecule has 5 nitrogen and oxygen atoms in total. The number of esters is 1. The van der Waals surface area contributed by atoms with Gasteiger partial charge in [0.05, 0.1) is 12.2 Å². The lowest BCUT2D eigenvalue weighted by atomic mass is 10.2. The van der Waals surface area contributed by atoms with Crippen LogP contribution in [0, 0.1) is 0 Å². The SMILES string of the molecule is CCN1CC(N)OCC1OC(=O)c1ccccc1. The molecule has 2 N–H and O–H groups in total.